The molecule has 2 saturated heterocycles. The number of ether oxygens (including phenoxy) is 4. The molecule has 1 N–H and O–H groups in total. The minimum Gasteiger partial charge on any atom is -0.459 e. The molecule has 0 bridgehead atoms. The molecule has 3 aromatic rings. The number of nitrogens with one attached hydrogen (secondary N) is 1. The third-order valence-electron chi connectivity index (χ3n) is 5.70. The number of nitro benzene ring substituents is 2. The molecule has 2 fully saturated rings. The molecule has 2 aliphatic heterocycles. The Balaban J connectivity index is 1.39. The van der Waals surface area contributed by atoms with Gasteiger partial charge in [-0.2, -0.15) is 0 Å². The maximum Gasteiger partial charge on any atom is 0.338 e. The van der Waals surface area contributed by atoms with Gasteiger partial charge in [-0.25, -0.2) is 14.8 Å². The minimum absolute atomic E-state index is 0.0953. The number of H-pyrrole nitrogens is 1. The van der Waals surface area contributed by atoms with Gasteiger partial charge >= 0.3 is 5.97 Å². The summed E-state index contributed by atoms with van der Waals surface area (Å²) < 4.78 is 24.8. The van der Waals surface area contributed by atoms with Gasteiger partial charge in [-0.15, -0.1) is 0 Å². The first kappa shape index (κ1) is 23.5. The molecule has 188 valence electrons. The molecule has 16 heteroatoms. The largest absolute Gasteiger partial charge is 0.459 e. The lowest BCUT2D eigenvalue weighted by Gasteiger charge is -2.24. The number of nitrogens with zero attached hydrogens (tertiary/aromatic N) is 5. The first-order valence-corrected chi connectivity index (χ1v) is 10.6. The molecular weight excluding hydrogens is 484 g/mol. The lowest BCUT2D eigenvalue weighted by Crippen LogP contribution is -2.33. The van der Waals surface area contributed by atoms with Gasteiger partial charge < -0.3 is 23.9 Å². The van der Waals surface area contributed by atoms with Crippen LogP contribution in [0.25, 0.3) is 11.2 Å². The number of aromatic nitrogens is 4. The van der Waals surface area contributed by atoms with E-state index in [0.717, 1.165) is 18.2 Å². The van der Waals surface area contributed by atoms with Crippen molar-refractivity contribution < 1.29 is 33.6 Å². The summed E-state index contributed by atoms with van der Waals surface area (Å²) in [5, 5.41) is 22.2. The molecule has 0 spiro atoms. The van der Waals surface area contributed by atoms with Crippen molar-refractivity contribution in [1.29, 1.82) is 0 Å². The Morgan fingerprint density at radius 3 is 2.47 bits per heavy atom. The molecule has 5 rings (SSSR count). The maximum absolute atomic E-state index is 12.6. The molecule has 2 aliphatic rings. The average molecular weight is 502 g/mol. The van der Waals surface area contributed by atoms with Crippen molar-refractivity contribution in [1.82, 2.24) is 19.5 Å². The quantitative estimate of drug-likeness (QED) is 0.287. The first-order valence-electron chi connectivity index (χ1n) is 10.6. The first-order chi connectivity index (χ1) is 17.0. The molecule has 36 heavy (non-hydrogen) atoms. The van der Waals surface area contributed by atoms with Crippen molar-refractivity contribution in [2.45, 2.75) is 44.2 Å². The molecule has 0 aliphatic carbocycles. The van der Waals surface area contributed by atoms with E-state index < -0.39 is 63.1 Å². The van der Waals surface area contributed by atoms with Crippen LogP contribution in [0.5, 0.6) is 0 Å². The van der Waals surface area contributed by atoms with Crippen LogP contribution in [0.4, 0.5) is 11.4 Å². The van der Waals surface area contributed by atoms with Crippen LogP contribution >= 0.6 is 0 Å². The van der Waals surface area contributed by atoms with Crippen LogP contribution in [0.2, 0.25) is 0 Å². The van der Waals surface area contributed by atoms with Crippen molar-refractivity contribution in [2.24, 2.45) is 0 Å². The van der Waals surface area contributed by atoms with Crippen LogP contribution in [-0.4, -0.2) is 66.0 Å². The van der Waals surface area contributed by atoms with E-state index in [1.54, 1.807) is 13.8 Å². The fourth-order valence-corrected chi connectivity index (χ4v) is 4.23. The lowest BCUT2D eigenvalue weighted by molar-refractivity contribution is -0.394. The summed E-state index contributed by atoms with van der Waals surface area (Å²) in [6.07, 6.45) is -0.460. The van der Waals surface area contributed by atoms with Crippen LogP contribution in [0.15, 0.2) is 35.6 Å². The average Bonchev–Trinajstić information content (AvgIpc) is 3.48. The van der Waals surface area contributed by atoms with E-state index in [2.05, 4.69) is 15.0 Å². The van der Waals surface area contributed by atoms with E-state index >= 15 is 0 Å². The number of carbonyl (C=O) groups excluding carboxylic acids is 1. The number of benzene rings is 1. The number of non-ortho nitro benzene ring substituents is 2. The Hall–Kier alpha value is -4.28. The molecule has 1 aromatic carbocycles. The zero-order valence-electron chi connectivity index (χ0n) is 18.7. The number of imidazole rings is 1. The van der Waals surface area contributed by atoms with Crippen molar-refractivity contribution >= 4 is 28.5 Å². The Morgan fingerprint density at radius 1 is 1.14 bits per heavy atom. The molecule has 2 aromatic heterocycles. The molecule has 4 atom stereocenters. The van der Waals surface area contributed by atoms with Crippen LogP contribution in [0, 0.1) is 20.2 Å². The number of hydrogen-bond acceptors (Lipinski definition) is 12. The molecule has 16 nitrogen and oxygen atoms in total. The Bertz CT molecular complexity index is 1420. The van der Waals surface area contributed by atoms with Crippen molar-refractivity contribution in [2.75, 3.05) is 6.61 Å². The molecule has 4 heterocycles. The van der Waals surface area contributed by atoms with Crippen molar-refractivity contribution in [3.05, 3.63) is 67.0 Å². The summed E-state index contributed by atoms with van der Waals surface area (Å²) in [4.78, 5) is 55.9. The van der Waals surface area contributed by atoms with Crippen LogP contribution < -0.4 is 5.56 Å². The molecule has 0 amide bonds. The monoisotopic (exact) mass is 502 g/mol. The summed E-state index contributed by atoms with van der Waals surface area (Å²) >= 11 is 0. The molecule has 0 saturated carbocycles. The molecular formula is C20H18N6O10. The van der Waals surface area contributed by atoms with Gasteiger partial charge in [0, 0.05) is 12.1 Å². The number of fused-ring (bicyclic) bond motifs is 2. The van der Waals surface area contributed by atoms with Crippen LogP contribution in [-0.2, 0) is 18.9 Å². The second-order valence-electron chi connectivity index (χ2n) is 8.54. The fourth-order valence-electron chi connectivity index (χ4n) is 4.23. The van der Waals surface area contributed by atoms with E-state index in [-0.39, 0.29) is 23.3 Å². The number of esters is 1. The Labute approximate surface area is 200 Å². The summed E-state index contributed by atoms with van der Waals surface area (Å²) in [7, 11) is 0. The number of nitro groups is 2. The summed E-state index contributed by atoms with van der Waals surface area (Å²) in [5.74, 6) is -2.02. The van der Waals surface area contributed by atoms with Gasteiger partial charge in [0.25, 0.3) is 16.9 Å². The highest BCUT2D eigenvalue weighted by Gasteiger charge is 2.56. The van der Waals surface area contributed by atoms with Gasteiger partial charge in [0.15, 0.2) is 23.2 Å². The van der Waals surface area contributed by atoms with E-state index in [9.17, 15) is 29.8 Å². The molecule has 0 unspecified atom stereocenters. The Kier molecular flexibility index (Phi) is 5.50. The third-order valence-corrected chi connectivity index (χ3v) is 5.70. The second kappa shape index (κ2) is 8.43. The number of carbonyl (C=O) groups is 1. The topological polar surface area (TPSA) is 204 Å². The predicted octanol–water partition coefficient (Wildman–Crippen LogP) is 1.21. The predicted molar refractivity (Wildman–Crippen MR) is 116 cm³/mol. The highest BCUT2D eigenvalue weighted by atomic mass is 16.8. The Morgan fingerprint density at radius 2 is 1.81 bits per heavy atom. The smallest absolute Gasteiger partial charge is 0.338 e. The lowest BCUT2D eigenvalue weighted by atomic mass is 10.1. The summed E-state index contributed by atoms with van der Waals surface area (Å²) in [6.45, 7) is 3.04. The van der Waals surface area contributed by atoms with E-state index in [0.29, 0.717) is 0 Å². The zero-order valence-corrected chi connectivity index (χ0v) is 18.7. The summed E-state index contributed by atoms with van der Waals surface area (Å²) in [5.41, 5.74) is -1.71. The van der Waals surface area contributed by atoms with E-state index in [1.165, 1.54) is 17.2 Å². The highest BCUT2D eigenvalue weighted by molar-refractivity contribution is 5.91. The standard InChI is InChI=1S/C20H18N6O10/c1-20(2)35-14-12(6-33-19(28)9-3-10(25(29)30)5-11(4-9)26(31)32)34-18(15(14)36-20)24-8-23-13-16(24)21-7-22-17(13)27/h3-5,7-8,12,14-15,18H,6H2,1-2H3,(H,21,22,27)/t12-,14-,15-,18+/m1/s1. The fraction of sp³-hybridized carbons (Fsp3) is 0.400. The van der Waals surface area contributed by atoms with Crippen LogP contribution in [0.3, 0.4) is 0 Å². The zero-order chi connectivity index (χ0) is 25.8. The van der Waals surface area contributed by atoms with Gasteiger partial charge in [0.05, 0.1) is 34.1 Å². The van der Waals surface area contributed by atoms with E-state index in [1.807, 2.05) is 0 Å². The highest BCUT2D eigenvalue weighted by Crippen LogP contribution is 2.43. The van der Waals surface area contributed by atoms with Crippen molar-refractivity contribution in [3.8, 4) is 0 Å². The molecule has 0 radical (unpaired) electrons. The van der Waals surface area contributed by atoms with Gasteiger partial charge in [-0.3, -0.25) is 29.6 Å². The second-order valence-corrected chi connectivity index (χ2v) is 8.54. The maximum atomic E-state index is 12.6. The number of hydrogen-bond donors (Lipinski definition) is 1. The van der Waals surface area contributed by atoms with Gasteiger partial charge in [-0.05, 0) is 13.8 Å². The third kappa shape index (κ3) is 4.06. The minimum atomic E-state index is -1.02. The van der Waals surface area contributed by atoms with Gasteiger partial charge in [0.2, 0.25) is 0 Å². The normalized spacial score (nSPS) is 24.5. The van der Waals surface area contributed by atoms with E-state index in [4.69, 9.17) is 18.9 Å². The summed E-state index contributed by atoms with van der Waals surface area (Å²) in [6, 6.07) is 2.51. The SMILES string of the molecule is CC1(C)O[C@@H]2[C@H](O1)[C@@H](COC(=O)c1cc([N+](=O)[O-])cc([N+](=O)[O-])c1)O[C@@H]2n1cnc2c(=O)[nH]cnc21. The van der Waals surface area contributed by atoms with Gasteiger partial charge in [-0.1, -0.05) is 0 Å². The van der Waals surface area contributed by atoms with Gasteiger partial charge in [0.1, 0.15) is 24.9 Å². The van der Waals surface area contributed by atoms with Crippen LogP contribution in [0.1, 0.15) is 30.4 Å². The van der Waals surface area contributed by atoms with Crippen molar-refractivity contribution in [3.63, 3.8) is 0 Å². The number of rotatable bonds is 6. The number of aromatic amines is 1.